The summed E-state index contributed by atoms with van der Waals surface area (Å²) in [5.74, 6) is -0.291. The lowest BCUT2D eigenvalue weighted by Crippen LogP contribution is -2.13. The van der Waals surface area contributed by atoms with Gasteiger partial charge in [-0.05, 0) is 51.0 Å². The van der Waals surface area contributed by atoms with E-state index in [2.05, 4.69) is 0 Å². The van der Waals surface area contributed by atoms with Crippen molar-refractivity contribution in [2.75, 3.05) is 13.2 Å². The van der Waals surface area contributed by atoms with E-state index in [1.54, 1.807) is 6.07 Å². The molecule has 0 fully saturated rings. The SMILES string of the molecule is Cc1ccc(C(=O)OCCOC(C)C)cc1C. The van der Waals surface area contributed by atoms with Crippen LogP contribution in [-0.4, -0.2) is 25.3 Å². The van der Waals surface area contributed by atoms with Crippen molar-refractivity contribution in [2.45, 2.75) is 33.8 Å². The number of benzene rings is 1. The van der Waals surface area contributed by atoms with Crippen LogP contribution in [0.1, 0.15) is 35.3 Å². The second kappa shape index (κ2) is 6.40. The summed E-state index contributed by atoms with van der Waals surface area (Å²) in [6, 6.07) is 5.56. The molecule has 0 heterocycles. The Bertz CT molecular complexity index is 383. The van der Waals surface area contributed by atoms with Gasteiger partial charge in [0.15, 0.2) is 0 Å². The molecule has 0 aliphatic carbocycles. The van der Waals surface area contributed by atoms with Gasteiger partial charge in [-0.3, -0.25) is 0 Å². The van der Waals surface area contributed by atoms with E-state index >= 15 is 0 Å². The van der Waals surface area contributed by atoms with Crippen molar-refractivity contribution in [2.24, 2.45) is 0 Å². The van der Waals surface area contributed by atoms with Crippen LogP contribution in [0.4, 0.5) is 0 Å². The van der Waals surface area contributed by atoms with Crippen LogP contribution in [0.25, 0.3) is 0 Å². The smallest absolute Gasteiger partial charge is 0.338 e. The third-order valence-corrected chi connectivity index (χ3v) is 2.51. The number of hydrogen-bond acceptors (Lipinski definition) is 3. The van der Waals surface area contributed by atoms with Gasteiger partial charge in [-0.1, -0.05) is 6.07 Å². The topological polar surface area (TPSA) is 35.5 Å². The summed E-state index contributed by atoms with van der Waals surface area (Å²) in [6.45, 7) is 8.63. The Morgan fingerprint density at radius 2 is 1.88 bits per heavy atom. The highest BCUT2D eigenvalue weighted by Gasteiger charge is 2.07. The number of esters is 1. The largest absolute Gasteiger partial charge is 0.460 e. The fraction of sp³-hybridized carbons (Fsp3) is 0.500. The van der Waals surface area contributed by atoms with E-state index in [0.29, 0.717) is 18.8 Å². The lowest BCUT2D eigenvalue weighted by atomic mass is 10.1. The summed E-state index contributed by atoms with van der Waals surface area (Å²) in [5.41, 5.74) is 2.86. The predicted molar refractivity (Wildman–Crippen MR) is 67.3 cm³/mol. The minimum Gasteiger partial charge on any atom is -0.460 e. The third-order valence-electron chi connectivity index (χ3n) is 2.51. The average Bonchev–Trinajstić information content (AvgIpc) is 2.27. The van der Waals surface area contributed by atoms with Gasteiger partial charge in [-0.2, -0.15) is 0 Å². The molecule has 0 aliphatic rings. The van der Waals surface area contributed by atoms with Crippen LogP contribution < -0.4 is 0 Å². The quantitative estimate of drug-likeness (QED) is 0.582. The molecule has 0 saturated carbocycles. The van der Waals surface area contributed by atoms with E-state index in [0.717, 1.165) is 5.56 Å². The zero-order chi connectivity index (χ0) is 12.8. The molecule has 0 unspecified atom stereocenters. The van der Waals surface area contributed by atoms with E-state index < -0.39 is 0 Å². The Labute approximate surface area is 103 Å². The number of rotatable bonds is 5. The van der Waals surface area contributed by atoms with Crippen LogP contribution in [0.3, 0.4) is 0 Å². The Morgan fingerprint density at radius 3 is 2.47 bits per heavy atom. The molecule has 0 aromatic heterocycles. The molecule has 0 N–H and O–H groups in total. The van der Waals surface area contributed by atoms with Gasteiger partial charge in [0.2, 0.25) is 0 Å². The zero-order valence-corrected chi connectivity index (χ0v) is 10.9. The molecule has 1 aromatic rings. The summed E-state index contributed by atoms with van der Waals surface area (Å²) in [7, 11) is 0. The molecule has 0 spiro atoms. The van der Waals surface area contributed by atoms with Crippen LogP contribution in [0.2, 0.25) is 0 Å². The van der Waals surface area contributed by atoms with Gasteiger partial charge in [-0.15, -0.1) is 0 Å². The number of carbonyl (C=O) groups is 1. The molecule has 94 valence electrons. The summed E-state index contributed by atoms with van der Waals surface area (Å²) >= 11 is 0. The molecule has 0 atom stereocenters. The molecule has 0 amide bonds. The molecular formula is C14H20O3. The zero-order valence-electron chi connectivity index (χ0n) is 10.9. The van der Waals surface area contributed by atoms with Crippen molar-refractivity contribution in [1.82, 2.24) is 0 Å². The van der Waals surface area contributed by atoms with E-state index in [1.807, 2.05) is 39.8 Å². The lowest BCUT2D eigenvalue weighted by Gasteiger charge is -2.09. The third kappa shape index (κ3) is 4.57. The molecule has 0 bridgehead atoms. The highest BCUT2D eigenvalue weighted by atomic mass is 16.6. The highest BCUT2D eigenvalue weighted by molar-refractivity contribution is 5.89. The van der Waals surface area contributed by atoms with Gasteiger partial charge in [0, 0.05) is 0 Å². The van der Waals surface area contributed by atoms with E-state index in [4.69, 9.17) is 9.47 Å². The van der Waals surface area contributed by atoms with Gasteiger partial charge in [0.05, 0.1) is 18.3 Å². The normalized spacial score (nSPS) is 10.6. The molecular weight excluding hydrogens is 216 g/mol. The minimum absolute atomic E-state index is 0.162. The summed E-state index contributed by atoms with van der Waals surface area (Å²) < 4.78 is 10.4. The number of aryl methyl sites for hydroxylation is 2. The molecule has 0 radical (unpaired) electrons. The van der Waals surface area contributed by atoms with Crippen LogP contribution in [0.5, 0.6) is 0 Å². The Kier molecular flexibility index (Phi) is 5.16. The van der Waals surface area contributed by atoms with Gasteiger partial charge < -0.3 is 9.47 Å². The number of ether oxygens (including phenoxy) is 2. The summed E-state index contributed by atoms with van der Waals surface area (Å²) in [5, 5.41) is 0. The number of carbonyl (C=O) groups excluding carboxylic acids is 1. The fourth-order valence-corrected chi connectivity index (χ4v) is 1.37. The minimum atomic E-state index is -0.291. The molecule has 3 heteroatoms. The van der Waals surface area contributed by atoms with Gasteiger partial charge >= 0.3 is 5.97 Å². The maximum Gasteiger partial charge on any atom is 0.338 e. The second-order valence-electron chi connectivity index (χ2n) is 4.35. The first-order chi connectivity index (χ1) is 8.00. The van der Waals surface area contributed by atoms with Crippen LogP contribution in [-0.2, 0) is 9.47 Å². The second-order valence-corrected chi connectivity index (χ2v) is 4.35. The average molecular weight is 236 g/mol. The highest BCUT2D eigenvalue weighted by Crippen LogP contribution is 2.10. The molecule has 1 rings (SSSR count). The first-order valence-electron chi connectivity index (χ1n) is 5.86. The van der Waals surface area contributed by atoms with Gasteiger partial charge in [0.25, 0.3) is 0 Å². The summed E-state index contributed by atoms with van der Waals surface area (Å²) in [6.07, 6.45) is 0.162. The van der Waals surface area contributed by atoms with Crippen LogP contribution in [0, 0.1) is 13.8 Å². The lowest BCUT2D eigenvalue weighted by molar-refractivity contribution is 0.0177. The van der Waals surface area contributed by atoms with Crippen molar-refractivity contribution in [3.05, 3.63) is 34.9 Å². The van der Waals surface area contributed by atoms with E-state index in [9.17, 15) is 4.79 Å². The molecule has 17 heavy (non-hydrogen) atoms. The van der Waals surface area contributed by atoms with Crippen molar-refractivity contribution in [3.63, 3.8) is 0 Å². The number of hydrogen-bond donors (Lipinski definition) is 0. The maximum atomic E-state index is 11.7. The molecule has 1 aromatic carbocycles. The standard InChI is InChI=1S/C14H20O3/c1-10(2)16-7-8-17-14(15)13-6-5-11(3)12(4)9-13/h5-6,9-10H,7-8H2,1-4H3. The maximum absolute atomic E-state index is 11.7. The monoisotopic (exact) mass is 236 g/mol. The van der Waals surface area contributed by atoms with Crippen LogP contribution in [0.15, 0.2) is 18.2 Å². The Hall–Kier alpha value is -1.35. The molecule has 3 nitrogen and oxygen atoms in total. The predicted octanol–water partition coefficient (Wildman–Crippen LogP) is 2.89. The molecule has 0 aliphatic heterocycles. The van der Waals surface area contributed by atoms with Crippen LogP contribution >= 0.6 is 0 Å². The first-order valence-corrected chi connectivity index (χ1v) is 5.86. The van der Waals surface area contributed by atoms with Crippen molar-refractivity contribution >= 4 is 5.97 Å². The van der Waals surface area contributed by atoms with Gasteiger partial charge in [0.1, 0.15) is 6.61 Å². The van der Waals surface area contributed by atoms with Crippen molar-refractivity contribution in [3.8, 4) is 0 Å². The fourth-order valence-electron chi connectivity index (χ4n) is 1.37. The van der Waals surface area contributed by atoms with Crippen molar-refractivity contribution < 1.29 is 14.3 Å². The summed E-state index contributed by atoms with van der Waals surface area (Å²) in [4.78, 5) is 11.7. The Balaban J connectivity index is 2.44. The van der Waals surface area contributed by atoms with E-state index in [-0.39, 0.29) is 12.1 Å². The Morgan fingerprint density at radius 1 is 1.18 bits per heavy atom. The van der Waals surface area contributed by atoms with Gasteiger partial charge in [-0.25, -0.2) is 4.79 Å². The van der Waals surface area contributed by atoms with E-state index in [1.165, 1.54) is 5.56 Å². The van der Waals surface area contributed by atoms with Crippen molar-refractivity contribution in [1.29, 1.82) is 0 Å². The first kappa shape index (κ1) is 13.7. The molecule has 0 saturated heterocycles.